The first-order valence-electron chi connectivity index (χ1n) is 9.69. The summed E-state index contributed by atoms with van der Waals surface area (Å²) in [6, 6.07) is 6.67. The van der Waals surface area contributed by atoms with Crippen LogP contribution in [0, 0.1) is 11.8 Å². The summed E-state index contributed by atoms with van der Waals surface area (Å²) in [4.78, 5) is 25.5. The number of rotatable bonds is 6. The summed E-state index contributed by atoms with van der Waals surface area (Å²) in [6.07, 6.45) is -2.05. The SMILES string of the molecule is COc1ccc([C@H](O)[C@@H]2C(=O)OCC[C@H]2[C@@H]2O[C@@](C)(OC)[C@](C)(OC)OC2=O)cc1. The maximum absolute atomic E-state index is 12.8. The molecule has 2 aliphatic heterocycles. The second kappa shape index (κ2) is 8.50. The third kappa shape index (κ3) is 3.78. The summed E-state index contributed by atoms with van der Waals surface area (Å²) in [6.45, 7) is 3.23. The Hall–Kier alpha value is -2.20. The molecule has 6 atom stereocenters. The lowest BCUT2D eigenvalue weighted by Gasteiger charge is -2.50. The Labute approximate surface area is 175 Å². The number of cyclic esters (lactones) is 2. The number of aliphatic hydroxyl groups excluding tert-OH is 1. The van der Waals surface area contributed by atoms with E-state index < -0.39 is 47.6 Å². The van der Waals surface area contributed by atoms with Gasteiger partial charge in [-0.25, -0.2) is 4.79 Å². The Morgan fingerprint density at radius 1 is 1.03 bits per heavy atom. The van der Waals surface area contributed by atoms with Crippen molar-refractivity contribution in [1.82, 2.24) is 0 Å². The van der Waals surface area contributed by atoms with Gasteiger partial charge < -0.3 is 33.5 Å². The number of carbonyl (C=O) groups excluding carboxylic acids is 2. The maximum Gasteiger partial charge on any atom is 0.338 e. The molecule has 0 saturated carbocycles. The number of benzene rings is 1. The van der Waals surface area contributed by atoms with Crippen LogP contribution in [0.1, 0.15) is 31.9 Å². The normalized spacial score (nSPS) is 35.3. The highest BCUT2D eigenvalue weighted by atomic mass is 16.8. The molecule has 2 aliphatic rings. The molecule has 30 heavy (non-hydrogen) atoms. The average molecular weight is 424 g/mol. The van der Waals surface area contributed by atoms with Crippen LogP contribution in [0.2, 0.25) is 0 Å². The van der Waals surface area contributed by atoms with Crippen molar-refractivity contribution in [2.24, 2.45) is 11.8 Å². The minimum absolute atomic E-state index is 0.105. The molecule has 3 rings (SSSR count). The van der Waals surface area contributed by atoms with Crippen molar-refractivity contribution in [3.05, 3.63) is 29.8 Å². The smallest absolute Gasteiger partial charge is 0.338 e. The molecular formula is C21H28O9. The highest BCUT2D eigenvalue weighted by Gasteiger charge is 2.60. The lowest BCUT2D eigenvalue weighted by molar-refractivity contribution is -0.410. The van der Waals surface area contributed by atoms with Crippen LogP contribution in [0.15, 0.2) is 24.3 Å². The topological polar surface area (TPSA) is 110 Å². The van der Waals surface area contributed by atoms with Crippen LogP contribution in [0.3, 0.4) is 0 Å². The summed E-state index contributed by atoms with van der Waals surface area (Å²) in [5.74, 6) is -5.30. The van der Waals surface area contributed by atoms with E-state index in [0.29, 0.717) is 17.7 Å². The molecule has 0 bridgehead atoms. The molecule has 0 unspecified atom stereocenters. The first-order chi connectivity index (χ1) is 14.2. The lowest BCUT2D eigenvalue weighted by Crippen LogP contribution is -2.66. The summed E-state index contributed by atoms with van der Waals surface area (Å²) >= 11 is 0. The van der Waals surface area contributed by atoms with Crippen molar-refractivity contribution in [2.45, 2.75) is 44.1 Å². The molecule has 1 aromatic carbocycles. The monoisotopic (exact) mass is 424 g/mol. The van der Waals surface area contributed by atoms with E-state index in [2.05, 4.69) is 0 Å². The Kier molecular flexibility index (Phi) is 6.37. The predicted octanol–water partition coefficient (Wildman–Crippen LogP) is 1.58. The van der Waals surface area contributed by atoms with E-state index in [4.69, 9.17) is 28.4 Å². The highest BCUT2D eigenvalue weighted by molar-refractivity contribution is 5.80. The molecule has 1 N–H and O–H groups in total. The van der Waals surface area contributed by atoms with Gasteiger partial charge in [-0.1, -0.05) is 12.1 Å². The zero-order valence-corrected chi connectivity index (χ0v) is 17.7. The van der Waals surface area contributed by atoms with Crippen molar-refractivity contribution in [1.29, 1.82) is 0 Å². The Bertz CT molecular complexity index is 779. The van der Waals surface area contributed by atoms with E-state index in [9.17, 15) is 14.7 Å². The summed E-state index contributed by atoms with van der Waals surface area (Å²) in [7, 11) is 4.32. The van der Waals surface area contributed by atoms with Gasteiger partial charge in [0.2, 0.25) is 5.79 Å². The molecule has 0 amide bonds. The number of ether oxygens (including phenoxy) is 6. The van der Waals surface area contributed by atoms with Crippen molar-refractivity contribution in [3.63, 3.8) is 0 Å². The number of hydrogen-bond acceptors (Lipinski definition) is 9. The quantitative estimate of drug-likeness (QED) is 0.681. The average Bonchev–Trinajstić information content (AvgIpc) is 2.75. The standard InChI is InChI=1S/C21H28O9/c1-20(26-4)21(2,27-5)30-19(24)17(29-20)14-10-11-28-18(23)15(14)16(22)12-6-8-13(25-3)9-7-12/h6-9,14-17,22H,10-11H2,1-5H3/t14-,15-,16+,17+,20-,21-/m1/s1. The van der Waals surface area contributed by atoms with Gasteiger partial charge in [-0.3, -0.25) is 4.79 Å². The van der Waals surface area contributed by atoms with Crippen LogP contribution >= 0.6 is 0 Å². The molecule has 1 aromatic rings. The number of carbonyl (C=O) groups is 2. The maximum atomic E-state index is 12.8. The van der Waals surface area contributed by atoms with Gasteiger partial charge in [0.25, 0.3) is 5.79 Å². The molecule has 0 spiro atoms. The Morgan fingerprint density at radius 2 is 1.67 bits per heavy atom. The highest BCUT2D eigenvalue weighted by Crippen LogP contribution is 2.44. The minimum atomic E-state index is -1.48. The number of esters is 2. The molecule has 0 radical (unpaired) electrons. The van der Waals surface area contributed by atoms with E-state index in [1.165, 1.54) is 28.3 Å². The van der Waals surface area contributed by atoms with E-state index in [1.54, 1.807) is 31.2 Å². The van der Waals surface area contributed by atoms with Crippen molar-refractivity contribution in [3.8, 4) is 5.75 Å². The van der Waals surface area contributed by atoms with Gasteiger partial charge in [-0.15, -0.1) is 0 Å². The van der Waals surface area contributed by atoms with Gasteiger partial charge in [0, 0.05) is 27.1 Å². The van der Waals surface area contributed by atoms with Gasteiger partial charge in [0.15, 0.2) is 6.10 Å². The lowest BCUT2D eigenvalue weighted by atomic mass is 9.77. The van der Waals surface area contributed by atoms with Crippen LogP contribution in [0.5, 0.6) is 5.75 Å². The molecular weight excluding hydrogens is 396 g/mol. The van der Waals surface area contributed by atoms with E-state index >= 15 is 0 Å². The number of methoxy groups -OCH3 is 3. The number of aliphatic hydroxyl groups is 1. The third-order valence-electron chi connectivity index (χ3n) is 6.10. The Balaban J connectivity index is 1.92. The van der Waals surface area contributed by atoms with Crippen molar-refractivity contribution >= 4 is 11.9 Å². The van der Waals surface area contributed by atoms with Crippen LogP contribution in [0.25, 0.3) is 0 Å². The van der Waals surface area contributed by atoms with Crippen LogP contribution in [0.4, 0.5) is 0 Å². The fraction of sp³-hybridized carbons (Fsp3) is 0.619. The predicted molar refractivity (Wildman–Crippen MR) is 102 cm³/mol. The molecule has 0 aromatic heterocycles. The van der Waals surface area contributed by atoms with Gasteiger partial charge >= 0.3 is 11.9 Å². The molecule has 2 heterocycles. The summed E-state index contributed by atoms with van der Waals surface area (Å²) in [5, 5.41) is 11.0. The van der Waals surface area contributed by atoms with Crippen LogP contribution in [-0.4, -0.2) is 62.7 Å². The second-order valence-electron chi connectivity index (χ2n) is 7.62. The Morgan fingerprint density at radius 3 is 2.23 bits per heavy atom. The van der Waals surface area contributed by atoms with E-state index in [-0.39, 0.29) is 6.61 Å². The molecule has 2 fully saturated rings. The third-order valence-corrected chi connectivity index (χ3v) is 6.10. The molecule has 9 heteroatoms. The molecule has 166 valence electrons. The minimum Gasteiger partial charge on any atom is -0.497 e. The fourth-order valence-corrected chi connectivity index (χ4v) is 3.92. The van der Waals surface area contributed by atoms with Crippen LogP contribution < -0.4 is 4.74 Å². The molecule has 0 aliphatic carbocycles. The van der Waals surface area contributed by atoms with Gasteiger partial charge in [0.1, 0.15) is 5.75 Å². The van der Waals surface area contributed by atoms with E-state index in [1.807, 2.05) is 0 Å². The van der Waals surface area contributed by atoms with Gasteiger partial charge in [-0.05, 0) is 31.0 Å². The zero-order valence-electron chi connectivity index (χ0n) is 17.7. The van der Waals surface area contributed by atoms with Crippen LogP contribution in [-0.2, 0) is 33.3 Å². The van der Waals surface area contributed by atoms with Gasteiger partial charge in [-0.2, -0.15) is 0 Å². The fourth-order valence-electron chi connectivity index (χ4n) is 3.92. The van der Waals surface area contributed by atoms with Crippen molar-refractivity contribution in [2.75, 3.05) is 27.9 Å². The largest absolute Gasteiger partial charge is 0.497 e. The zero-order chi connectivity index (χ0) is 22.1. The number of hydrogen-bond donors (Lipinski definition) is 1. The summed E-state index contributed by atoms with van der Waals surface area (Å²) in [5.41, 5.74) is 0.491. The van der Waals surface area contributed by atoms with E-state index in [0.717, 1.165) is 0 Å². The van der Waals surface area contributed by atoms with Crippen molar-refractivity contribution < 1.29 is 43.1 Å². The first-order valence-corrected chi connectivity index (χ1v) is 9.69. The molecule has 9 nitrogen and oxygen atoms in total. The summed E-state index contributed by atoms with van der Waals surface area (Å²) < 4.78 is 32.7. The second-order valence-corrected chi connectivity index (χ2v) is 7.62. The first kappa shape index (κ1) is 22.5. The van der Waals surface area contributed by atoms with Gasteiger partial charge in [0.05, 0.1) is 25.7 Å². The molecule has 2 saturated heterocycles.